The van der Waals surface area contributed by atoms with E-state index in [9.17, 15) is 0 Å². The maximum Gasteiger partial charge on any atom is 0.147 e. The van der Waals surface area contributed by atoms with Crippen LogP contribution in [0.4, 0.5) is 0 Å². The molecule has 0 unspecified atom stereocenters. The lowest BCUT2D eigenvalue weighted by atomic mass is 10.1. The molecule has 0 radical (unpaired) electrons. The molecule has 0 fully saturated rings. The van der Waals surface area contributed by atoms with E-state index in [0.29, 0.717) is 6.61 Å². The highest BCUT2D eigenvalue weighted by Gasteiger charge is 2.11. The minimum atomic E-state index is 0.449. The van der Waals surface area contributed by atoms with Crippen molar-refractivity contribution in [2.75, 3.05) is 0 Å². The summed E-state index contributed by atoms with van der Waals surface area (Å²) in [5.41, 5.74) is 4.40. The number of nitrogens with zero attached hydrogens (tertiary/aromatic N) is 2. The number of imidazole rings is 1. The van der Waals surface area contributed by atoms with Crippen molar-refractivity contribution in [1.82, 2.24) is 9.55 Å². The summed E-state index contributed by atoms with van der Waals surface area (Å²) in [4.78, 5) is 4.67. The predicted molar refractivity (Wildman–Crippen MR) is 90.7 cm³/mol. The van der Waals surface area contributed by atoms with Crippen LogP contribution in [-0.2, 0) is 13.2 Å². The highest BCUT2D eigenvalue weighted by molar-refractivity contribution is 6.31. The smallest absolute Gasteiger partial charge is 0.147 e. The molecule has 114 valence electrons. The number of aryl methyl sites for hydroxylation is 2. The molecule has 0 atom stereocenters. The van der Waals surface area contributed by atoms with E-state index in [1.807, 2.05) is 30.3 Å². The van der Waals surface area contributed by atoms with E-state index in [2.05, 4.69) is 36.4 Å². The Labute approximate surface area is 135 Å². The zero-order valence-corrected chi connectivity index (χ0v) is 13.8. The molecule has 0 N–H and O–H groups in total. The first-order valence-electron chi connectivity index (χ1n) is 7.44. The van der Waals surface area contributed by atoms with Gasteiger partial charge in [-0.1, -0.05) is 23.7 Å². The molecule has 0 amide bonds. The zero-order chi connectivity index (χ0) is 15.7. The fourth-order valence-corrected chi connectivity index (χ4v) is 2.80. The molecule has 1 heterocycles. The summed E-state index contributed by atoms with van der Waals surface area (Å²) in [6.45, 7) is 7.55. The third kappa shape index (κ3) is 2.69. The Morgan fingerprint density at radius 1 is 1.18 bits per heavy atom. The molecule has 4 heteroatoms. The average molecular weight is 315 g/mol. The van der Waals surface area contributed by atoms with Crippen LogP contribution in [0.15, 0.2) is 36.4 Å². The fourth-order valence-electron chi connectivity index (χ4n) is 2.63. The van der Waals surface area contributed by atoms with Gasteiger partial charge in [-0.05, 0) is 56.2 Å². The minimum Gasteiger partial charge on any atom is -0.485 e. The lowest BCUT2D eigenvalue weighted by Gasteiger charge is -2.11. The summed E-state index contributed by atoms with van der Waals surface area (Å²) < 4.78 is 8.13. The van der Waals surface area contributed by atoms with Crippen molar-refractivity contribution in [3.63, 3.8) is 0 Å². The fraction of sp³-hybridized carbons (Fsp3) is 0.278. The van der Waals surface area contributed by atoms with E-state index in [1.165, 1.54) is 11.1 Å². The lowest BCUT2D eigenvalue weighted by Crippen LogP contribution is -2.06. The second-order valence-corrected chi connectivity index (χ2v) is 5.83. The second kappa shape index (κ2) is 6.01. The third-order valence-electron chi connectivity index (χ3n) is 4.02. The van der Waals surface area contributed by atoms with Crippen molar-refractivity contribution < 1.29 is 4.74 Å². The van der Waals surface area contributed by atoms with Crippen molar-refractivity contribution in [3.8, 4) is 5.75 Å². The molecule has 3 rings (SSSR count). The zero-order valence-electron chi connectivity index (χ0n) is 13.1. The number of benzene rings is 2. The van der Waals surface area contributed by atoms with E-state index in [4.69, 9.17) is 16.3 Å². The van der Waals surface area contributed by atoms with Gasteiger partial charge in [-0.15, -0.1) is 0 Å². The van der Waals surface area contributed by atoms with Crippen molar-refractivity contribution in [2.45, 2.75) is 33.9 Å². The van der Waals surface area contributed by atoms with Crippen molar-refractivity contribution in [2.24, 2.45) is 0 Å². The Bertz CT molecular complexity index is 823. The molecule has 0 aliphatic heterocycles. The van der Waals surface area contributed by atoms with Crippen LogP contribution in [0, 0.1) is 13.8 Å². The topological polar surface area (TPSA) is 27.1 Å². The highest BCUT2D eigenvalue weighted by Crippen LogP contribution is 2.24. The standard InChI is InChI=1S/C18H19ClN2O/c1-4-21-16-10-14(19)8-9-15(16)20-18(21)11-22-17-7-5-6-12(2)13(17)3/h5-10H,4,11H2,1-3H3. The summed E-state index contributed by atoms with van der Waals surface area (Å²) in [5.74, 6) is 1.83. The van der Waals surface area contributed by atoms with E-state index in [1.54, 1.807) is 0 Å². The first kappa shape index (κ1) is 14.9. The maximum absolute atomic E-state index is 6.10. The molecule has 3 aromatic rings. The quantitative estimate of drug-likeness (QED) is 0.684. The van der Waals surface area contributed by atoms with Gasteiger partial charge in [-0.25, -0.2) is 4.98 Å². The van der Waals surface area contributed by atoms with Gasteiger partial charge < -0.3 is 9.30 Å². The second-order valence-electron chi connectivity index (χ2n) is 5.39. The van der Waals surface area contributed by atoms with Gasteiger partial charge >= 0.3 is 0 Å². The van der Waals surface area contributed by atoms with Crippen LogP contribution in [-0.4, -0.2) is 9.55 Å². The number of ether oxygens (including phenoxy) is 1. The number of hydrogen-bond donors (Lipinski definition) is 0. The molecule has 0 aliphatic carbocycles. The van der Waals surface area contributed by atoms with Crippen molar-refractivity contribution in [1.29, 1.82) is 0 Å². The summed E-state index contributed by atoms with van der Waals surface area (Å²) in [6, 6.07) is 11.9. The minimum absolute atomic E-state index is 0.449. The summed E-state index contributed by atoms with van der Waals surface area (Å²) >= 11 is 6.10. The van der Waals surface area contributed by atoms with Gasteiger partial charge in [-0.2, -0.15) is 0 Å². The van der Waals surface area contributed by atoms with Crippen LogP contribution in [0.5, 0.6) is 5.75 Å². The summed E-state index contributed by atoms with van der Waals surface area (Å²) in [7, 11) is 0. The molecule has 0 aliphatic rings. The number of hydrogen-bond acceptors (Lipinski definition) is 2. The van der Waals surface area contributed by atoms with Crippen LogP contribution < -0.4 is 4.74 Å². The molecule has 0 saturated carbocycles. The Kier molecular flexibility index (Phi) is 4.08. The molecular formula is C18H19ClN2O. The molecule has 3 nitrogen and oxygen atoms in total. The van der Waals surface area contributed by atoms with Crippen molar-refractivity contribution >= 4 is 22.6 Å². The van der Waals surface area contributed by atoms with Gasteiger partial charge in [0.1, 0.15) is 18.2 Å². The third-order valence-corrected chi connectivity index (χ3v) is 4.25. The van der Waals surface area contributed by atoms with E-state index >= 15 is 0 Å². The van der Waals surface area contributed by atoms with Gasteiger partial charge in [0.25, 0.3) is 0 Å². The Morgan fingerprint density at radius 2 is 2.00 bits per heavy atom. The lowest BCUT2D eigenvalue weighted by molar-refractivity contribution is 0.288. The van der Waals surface area contributed by atoms with Gasteiger partial charge in [0.15, 0.2) is 0 Å². The number of fused-ring (bicyclic) bond motifs is 1. The van der Waals surface area contributed by atoms with Gasteiger partial charge in [0.05, 0.1) is 11.0 Å². The highest BCUT2D eigenvalue weighted by atomic mass is 35.5. The average Bonchev–Trinajstić information content (AvgIpc) is 2.85. The monoisotopic (exact) mass is 314 g/mol. The molecule has 0 saturated heterocycles. The van der Waals surface area contributed by atoms with Crippen LogP contribution in [0.2, 0.25) is 5.02 Å². The van der Waals surface area contributed by atoms with Crippen LogP contribution in [0.3, 0.4) is 0 Å². The first-order chi connectivity index (χ1) is 10.6. The van der Waals surface area contributed by atoms with E-state index in [0.717, 1.165) is 34.2 Å². The Morgan fingerprint density at radius 3 is 2.77 bits per heavy atom. The number of aromatic nitrogens is 2. The van der Waals surface area contributed by atoms with Crippen LogP contribution >= 0.6 is 11.6 Å². The van der Waals surface area contributed by atoms with Crippen molar-refractivity contribution in [3.05, 3.63) is 58.4 Å². The van der Waals surface area contributed by atoms with Gasteiger partial charge in [-0.3, -0.25) is 0 Å². The van der Waals surface area contributed by atoms with Gasteiger partial charge in [0.2, 0.25) is 0 Å². The Hall–Kier alpha value is -2.00. The van der Waals surface area contributed by atoms with Crippen LogP contribution in [0.25, 0.3) is 11.0 Å². The molecule has 1 aromatic heterocycles. The molecule has 0 bridgehead atoms. The van der Waals surface area contributed by atoms with Gasteiger partial charge in [0, 0.05) is 11.6 Å². The summed E-state index contributed by atoms with van der Waals surface area (Å²) in [6.07, 6.45) is 0. The first-order valence-corrected chi connectivity index (χ1v) is 7.81. The molecule has 22 heavy (non-hydrogen) atoms. The van der Waals surface area contributed by atoms with Crippen LogP contribution in [0.1, 0.15) is 23.9 Å². The number of rotatable bonds is 4. The predicted octanol–water partition coefficient (Wildman–Crippen LogP) is 4.91. The normalized spacial score (nSPS) is 11.1. The largest absolute Gasteiger partial charge is 0.485 e. The maximum atomic E-state index is 6.10. The Balaban J connectivity index is 1.92. The molecular weight excluding hydrogens is 296 g/mol. The summed E-state index contributed by atoms with van der Waals surface area (Å²) in [5, 5.41) is 0.726. The SMILES string of the molecule is CCn1c(COc2cccc(C)c2C)nc2ccc(Cl)cc21. The molecule has 0 spiro atoms. The number of halogens is 1. The van der Waals surface area contributed by atoms with E-state index < -0.39 is 0 Å². The van der Waals surface area contributed by atoms with E-state index in [-0.39, 0.29) is 0 Å². The molecule has 2 aromatic carbocycles.